The number of aromatic hydroxyl groups is 1. The van der Waals surface area contributed by atoms with Crippen LogP contribution < -0.4 is 5.32 Å². The van der Waals surface area contributed by atoms with E-state index in [0.29, 0.717) is 18.2 Å². The second-order valence-corrected chi connectivity index (χ2v) is 6.54. The second kappa shape index (κ2) is 7.03. The monoisotopic (exact) mass is 319 g/mol. The van der Waals surface area contributed by atoms with E-state index >= 15 is 0 Å². The first-order chi connectivity index (χ1) is 10.4. The summed E-state index contributed by atoms with van der Waals surface area (Å²) in [5, 5.41) is 13.4. The molecule has 22 heavy (non-hydrogen) atoms. The number of phenolic OH excluding ortho intramolecular Hbond substituents is 1. The first kappa shape index (κ1) is 16.7. The van der Waals surface area contributed by atoms with Gasteiger partial charge in [-0.05, 0) is 38.5 Å². The van der Waals surface area contributed by atoms with E-state index in [0.717, 1.165) is 16.8 Å². The predicted octanol–water partition coefficient (Wildman–Crippen LogP) is 4.97. The van der Waals surface area contributed by atoms with E-state index in [1.54, 1.807) is 12.1 Å². The van der Waals surface area contributed by atoms with E-state index in [-0.39, 0.29) is 11.4 Å². The van der Waals surface area contributed by atoms with Crippen molar-refractivity contribution in [3.63, 3.8) is 0 Å². The summed E-state index contributed by atoms with van der Waals surface area (Å²) in [6.45, 7) is 7.20. The summed E-state index contributed by atoms with van der Waals surface area (Å²) in [5.41, 5.74) is 2.77. The van der Waals surface area contributed by atoms with Gasteiger partial charge in [-0.2, -0.15) is 0 Å². The molecule has 0 bridgehead atoms. The maximum Gasteiger partial charge on any atom is 0.134 e. The molecule has 118 valence electrons. The van der Waals surface area contributed by atoms with Crippen LogP contribution in [0.3, 0.4) is 0 Å². The average molecular weight is 320 g/mol. The third-order valence-electron chi connectivity index (χ3n) is 3.21. The van der Waals surface area contributed by atoms with Gasteiger partial charge in [0.25, 0.3) is 0 Å². The van der Waals surface area contributed by atoms with Crippen LogP contribution in [0.1, 0.15) is 31.9 Å². The van der Waals surface area contributed by atoms with Gasteiger partial charge in [-0.1, -0.05) is 41.9 Å². The Hall–Kier alpha value is -1.71. The van der Waals surface area contributed by atoms with Gasteiger partial charge in [-0.15, -0.1) is 0 Å². The molecule has 0 aromatic heterocycles. The first-order valence-electron chi connectivity index (χ1n) is 7.29. The predicted molar refractivity (Wildman–Crippen MR) is 91.4 cm³/mol. The fourth-order valence-corrected chi connectivity index (χ4v) is 2.20. The van der Waals surface area contributed by atoms with Gasteiger partial charge in [-0.3, -0.25) is 0 Å². The molecule has 0 aliphatic carbocycles. The highest BCUT2D eigenvalue weighted by molar-refractivity contribution is 6.32. The smallest absolute Gasteiger partial charge is 0.134 e. The number of rotatable bonds is 5. The molecule has 2 rings (SSSR count). The van der Waals surface area contributed by atoms with Crippen LogP contribution in [0.15, 0.2) is 42.5 Å². The number of nitrogens with one attached hydrogen (secondary N) is 1. The van der Waals surface area contributed by atoms with Crippen molar-refractivity contribution in [3.8, 4) is 5.75 Å². The second-order valence-electron chi connectivity index (χ2n) is 6.16. The lowest BCUT2D eigenvalue weighted by molar-refractivity contribution is -0.0147. The summed E-state index contributed by atoms with van der Waals surface area (Å²) >= 11 is 6.11. The quantitative estimate of drug-likeness (QED) is 0.817. The lowest BCUT2D eigenvalue weighted by Crippen LogP contribution is -2.19. The van der Waals surface area contributed by atoms with Gasteiger partial charge >= 0.3 is 0 Å². The zero-order valence-electron chi connectivity index (χ0n) is 13.2. The standard InChI is InChI=1S/C18H22ClNO2/c1-18(2,3)22-12-14-7-4-5-9-15(14)20-11-13-8-6-10-16(21)17(13)19/h4-10,20-21H,11-12H2,1-3H3. The number of anilines is 1. The van der Waals surface area contributed by atoms with E-state index in [1.807, 2.05) is 51.1 Å². The highest BCUT2D eigenvalue weighted by Gasteiger charge is 2.12. The number of hydrogen-bond donors (Lipinski definition) is 2. The normalized spacial score (nSPS) is 11.5. The molecule has 3 nitrogen and oxygen atoms in total. The molecule has 2 aromatic rings. The Kier molecular flexibility index (Phi) is 5.33. The van der Waals surface area contributed by atoms with Crippen molar-refractivity contribution in [2.45, 2.75) is 39.5 Å². The van der Waals surface area contributed by atoms with Gasteiger partial charge < -0.3 is 15.2 Å². The van der Waals surface area contributed by atoms with Crippen LogP contribution >= 0.6 is 11.6 Å². The number of ether oxygens (including phenoxy) is 1. The van der Waals surface area contributed by atoms with Crippen LogP contribution in [0.4, 0.5) is 5.69 Å². The molecule has 0 spiro atoms. The van der Waals surface area contributed by atoms with Crippen molar-refractivity contribution in [1.29, 1.82) is 0 Å². The van der Waals surface area contributed by atoms with E-state index in [2.05, 4.69) is 5.32 Å². The van der Waals surface area contributed by atoms with E-state index < -0.39 is 0 Å². The molecule has 0 fully saturated rings. The third-order valence-corrected chi connectivity index (χ3v) is 3.64. The third kappa shape index (κ3) is 4.65. The van der Waals surface area contributed by atoms with Gasteiger partial charge in [0, 0.05) is 17.8 Å². The molecule has 0 unspecified atom stereocenters. The van der Waals surface area contributed by atoms with Gasteiger partial charge in [0.2, 0.25) is 0 Å². The van der Waals surface area contributed by atoms with Crippen molar-refractivity contribution in [2.24, 2.45) is 0 Å². The summed E-state index contributed by atoms with van der Waals surface area (Å²) in [4.78, 5) is 0. The van der Waals surface area contributed by atoms with Crippen molar-refractivity contribution in [1.82, 2.24) is 0 Å². The van der Waals surface area contributed by atoms with Gasteiger partial charge in [0.1, 0.15) is 5.75 Å². The molecule has 2 aromatic carbocycles. The van der Waals surface area contributed by atoms with E-state index in [4.69, 9.17) is 16.3 Å². The van der Waals surface area contributed by atoms with Crippen molar-refractivity contribution < 1.29 is 9.84 Å². The molecule has 2 N–H and O–H groups in total. The molecule has 0 aliphatic rings. The Morgan fingerprint density at radius 2 is 1.73 bits per heavy atom. The van der Waals surface area contributed by atoms with E-state index in [1.165, 1.54) is 0 Å². The number of benzene rings is 2. The summed E-state index contributed by atoms with van der Waals surface area (Å²) in [6, 6.07) is 13.3. The Morgan fingerprint density at radius 3 is 2.45 bits per heavy atom. The Morgan fingerprint density at radius 1 is 1.05 bits per heavy atom. The molecule has 0 saturated carbocycles. The Balaban J connectivity index is 2.08. The largest absolute Gasteiger partial charge is 0.506 e. The molecular formula is C18H22ClNO2. The average Bonchev–Trinajstić information content (AvgIpc) is 2.47. The molecular weight excluding hydrogens is 298 g/mol. The van der Waals surface area contributed by atoms with Crippen LogP contribution in [-0.2, 0) is 17.9 Å². The molecule has 4 heteroatoms. The molecule has 0 radical (unpaired) electrons. The van der Waals surface area contributed by atoms with Crippen molar-refractivity contribution in [3.05, 3.63) is 58.6 Å². The van der Waals surface area contributed by atoms with Crippen molar-refractivity contribution >= 4 is 17.3 Å². The van der Waals surface area contributed by atoms with Crippen LogP contribution in [0.5, 0.6) is 5.75 Å². The van der Waals surface area contributed by atoms with E-state index in [9.17, 15) is 5.11 Å². The fourth-order valence-electron chi connectivity index (χ4n) is 2.01. The van der Waals surface area contributed by atoms with Crippen molar-refractivity contribution in [2.75, 3.05) is 5.32 Å². The maximum atomic E-state index is 9.65. The van der Waals surface area contributed by atoms with Crippen LogP contribution in [-0.4, -0.2) is 10.7 Å². The number of halogens is 1. The van der Waals surface area contributed by atoms with Crippen LogP contribution in [0.25, 0.3) is 0 Å². The number of para-hydroxylation sites is 1. The summed E-state index contributed by atoms with van der Waals surface area (Å²) in [7, 11) is 0. The minimum Gasteiger partial charge on any atom is -0.506 e. The zero-order valence-corrected chi connectivity index (χ0v) is 13.9. The summed E-state index contributed by atoms with van der Waals surface area (Å²) in [5.74, 6) is 0.102. The molecule has 0 heterocycles. The lowest BCUT2D eigenvalue weighted by atomic mass is 10.1. The SMILES string of the molecule is CC(C)(C)OCc1ccccc1NCc1cccc(O)c1Cl. The number of hydrogen-bond acceptors (Lipinski definition) is 3. The minimum atomic E-state index is -0.179. The molecule has 0 amide bonds. The highest BCUT2D eigenvalue weighted by atomic mass is 35.5. The zero-order chi connectivity index (χ0) is 16.2. The van der Waals surface area contributed by atoms with Gasteiger partial charge in [0.05, 0.1) is 17.2 Å². The molecule has 0 aliphatic heterocycles. The topological polar surface area (TPSA) is 41.5 Å². The minimum absolute atomic E-state index is 0.102. The van der Waals surface area contributed by atoms with Gasteiger partial charge in [-0.25, -0.2) is 0 Å². The lowest BCUT2D eigenvalue weighted by Gasteiger charge is -2.21. The highest BCUT2D eigenvalue weighted by Crippen LogP contribution is 2.28. The summed E-state index contributed by atoms with van der Waals surface area (Å²) < 4.78 is 5.84. The molecule has 0 saturated heterocycles. The maximum absolute atomic E-state index is 9.65. The Bertz CT molecular complexity index is 635. The Labute approximate surface area is 136 Å². The van der Waals surface area contributed by atoms with Gasteiger partial charge in [0.15, 0.2) is 0 Å². The van der Waals surface area contributed by atoms with Crippen LogP contribution in [0, 0.1) is 0 Å². The fraction of sp³-hybridized carbons (Fsp3) is 0.333. The summed E-state index contributed by atoms with van der Waals surface area (Å²) in [6.07, 6.45) is 0. The molecule has 0 atom stereocenters. The van der Waals surface area contributed by atoms with Crippen LogP contribution in [0.2, 0.25) is 5.02 Å². The first-order valence-corrected chi connectivity index (χ1v) is 7.67. The number of phenols is 1.